The largest absolute Gasteiger partial charge is 0.438 e. The Hall–Kier alpha value is -2.92. The van der Waals surface area contributed by atoms with Crippen molar-refractivity contribution >= 4 is 17.7 Å². The molecule has 32 heavy (non-hydrogen) atoms. The van der Waals surface area contributed by atoms with E-state index in [-0.39, 0.29) is 30.6 Å². The number of fused-ring (bicyclic) bond motifs is 1. The maximum Gasteiger partial charge on any atom is 0.413 e. The van der Waals surface area contributed by atoms with Gasteiger partial charge in [-0.2, -0.15) is 0 Å². The number of anilines is 2. The Morgan fingerprint density at radius 3 is 2.81 bits per heavy atom. The van der Waals surface area contributed by atoms with Crippen molar-refractivity contribution in [3.05, 3.63) is 29.6 Å². The van der Waals surface area contributed by atoms with Gasteiger partial charge in [-0.05, 0) is 31.5 Å². The van der Waals surface area contributed by atoms with Crippen LogP contribution >= 0.6 is 0 Å². The second-order valence-electron chi connectivity index (χ2n) is 8.47. The van der Waals surface area contributed by atoms with Crippen molar-refractivity contribution in [2.75, 3.05) is 43.1 Å². The Morgan fingerprint density at radius 2 is 2.12 bits per heavy atom. The molecule has 2 unspecified atom stereocenters. The minimum atomic E-state index is -1.63. The van der Waals surface area contributed by atoms with Crippen LogP contribution < -0.4 is 15.5 Å². The van der Waals surface area contributed by atoms with E-state index in [1.807, 2.05) is 0 Å². The molecule has 3 atom stereocenters. The van der Waals surface area contributed by atoms with E-state index in [1.54, 1.807) is 12.1 Å². The first kappa shape index (κ1) is 21.0. The zero-order valence-electron chi connectivity index (χ0n) is 17.8. The molecule has 2 N–H and O–H groups in total. The highest BCUT2D eigenvalue weighted by atomic mass is 19.1. The number of halogens is 2. The summed E-state index contributed by atoms with van der Waals surface area (Å²) in [5, 5.41) is 5.86. The van der Waals surface area contributed by atoms with E-state index in [0.29, 0.717) is 35.9 Å². The van der Waals surface area contributed by atoms with E-state index in [4.69, 9.17) is 14.5 Å². The van der Waals surface area contributed by atoms with Crippen LogP contribution in [0.4, 0.5) is 25.2 Å². The molecule has 0 bridgehead atoms. The number of amides is 1. The van der Waals surface area contributed by atoms with Crippen LogP contribution in [0, 0.1) is 0 Å². The molecule has 170 valence electrons. The summed E-state index contributed by atoms with van der Waals surface area (Å²) in [5.74, 6) is 0.764. The molecule has 2 aromatic heterocycles. The lowest BCUT2D eigenvalue weighted by atomic mass is 9.92. The van der Waals surface area contributed by atoms with Crippen molar-refractivity contribution in [2.45, 2.75) is 37.8 Å². The summed E-state index contributed by atoms with van der Waals surface area (Å²) < 4.78 is 40.1. The van der Waals surface area contributed by atoms with Crippen LogP contribution in [0.3, 0.4) is 0 Å². The molecule has 0 saturated carbocycles. The van der Waals surface area contributed by atoms with Gasteiger partial charge in [0.2, 0.25) is 0 Å². The number of pyridine rings is 1. The number of aromatic nitrogens is 3. The molecule has 2 saturated heterocycles. The number of alkyl halides is 2. The van der Waals surface area contributed by atoms with E-state index in [2.05, 4.69) is 32.4 Å². The van der Waals surface area contributed by atoms with Crippen LogP contribution in [0.25, 0.3) is 11.4 Å². The highest BCUT2D eigenvalue weighted by Crippen LogP contribution is 2.41. The molecular weight excluding hydrogens is 422 g/mol. The number of nitrogens with zero attached hydrogens (tertiary/aromatic N) is 4. The van der Waals surface area contributed by atoms with Gasteiger partial charge in [-0.3, -0.25) is 5.32 Å². The number of rotatable bonds is 4. The van der Waals surface area contributed by atoms with Crippen LogP contribution in [0.5, 0.6) is 0 Å². The molecular formula is C21H24F2N6O3. The van der Waals surface area contributed by atoms with Crippen molar-refractivity contribution in [3.63, 3.8) is 0 Å². The third kappa shape index (κ3) is 3.65. The molecule has 5 heterocycles. The van der Waals surface area contributed by atoms with Gasteiger partial charge in [0.25, 0.3) is 0 Å². The highest BCUT2D eigenvalue weighted by molar-refractivity contribution is 5.88. The number of hydrogen-bond donors (Lipinski definition) is 2. The summed E-state index contributed by atoms with van der Waals surface area (Å²) in [6.07, 6.45) is -2.23. The Morgan fingerprint density at radius 1 is 1.31 bits per heavy atom. The van der Waals surface area contributed by atoms with Gasteiger partial charge in [-0.1, -0.05) is 0 Å². The molecule has 2 fully saturated rings. The Kier molecular flexibility index (Phi) is 5.17. The molecule has 9 nitrogen and oxygen atoms in total. The number of hydrogen-bond acceptors (Lipinski definition) is 8. The minimum absolute atomic E-state index is 0.0426. The highest BCUT2D eigenvalue weighted by Gasteiger charge is 2.42. The summed E-state index contributed by atoms with van der Waals surface area (Å²) in [4.78, 5) is 27.1. The van der Waals surface area contributed by atoms with Crippen LogP contribution in [-0.2, 0) is 15.1 Å². The van der Waals surface area contributed by atoms with E-state index >= 15 is 4.39 Å². The Labute approximate surface area is 183 Å². The number of cyclic esters (lactones) is 1. The molecule has 11 heteroatoms. The van der Waals surface area contributed by atoms with Gasteiger partial charge < -0.3 is 19.7 Å². The van der Waals surface area contributed by atoms with Crippen molar-refractivity contribution in [2.24, 2.45) is 0 Å². The third-order valence-corrected chi connectivity index (χ3v) is 5.97. The van der Waals surface area contributed by atoms with Crippen molar-refractivity contribution in [1.29, 1.82) is 0 Å². The zero-order valence-corrected chi connectivity index (χ0v) is 17.8. The van der Waals surface area contributed by atoms with Gasteiger partial charge in [-0.15, -0.1) is 0 Å². The van der Waals surface area contributed by atoms with Crippen molar-refractivity contribution in [1.82, 2.24) is 20.3 Å². The fourth-order valence-corrected chi connectivity index (χ4v) is 4.24. The molecule has 5 rings (SSSR count). The lowest BCUT2D eigenvalue weighted by Gasteiger charge is -2.37. The van der Waals surface area contributed by atoms with Crippen molar-refractivity contribution in [3.8, 4) is 11.4 Å². The first-order valence-corrected chi connectivity index (χ1v) is 10.6. The zero-order chi connectivity index (χ0) is 22.5. The fraction of sp³-hybridized carbons (Fsp3) is 0.524. The average molecular weight is 446 g/mol. The maximum absolute atomic E-state index is 15.4. The van der Waals surface area contributed by atoms with E-state index < -0.39 is 24.0 Å². The van der Waals surface area contributed by atoms with E-state index in [1.165, 1.54) is 13.3 Å². The average Bonchev–Trinajstić information content (AvgIpc) is 2.76. The first-order chi connectivity index (χ1) is 15.3. The second kappa shape index (κ2) is 7.89. The lowest BCUT2D eigenvalue weighted by Crippen LogP contribution is -2.49. The monoisotopic (exact) mass is 446 g/mol. The normalized spacial score (nSPS) is 25.2. The molecule has 0 aliphatic carbocycles. The van der Waals surface area contributed by atoms with Gasteiger partial charge in [-0.25, -0.2) is 28.5 Å². The predicted molar refractivity (Wildman–Crippen MR) is 112 cm³/mol. The van der Waals surface area contributed by atoms with Gasteiger partial charge >= 0.3 is 6.09 Å². The number of carbonyl (C=O) groups is 1. The van der Waals surface area contributed by atoms with E-state index in [9.17, 15) is 9.18 Å². The van der Waals surface area contributed by atoms with Crippen LogP contribution in [0.2, 0.25) is 0 Å². The maximum atomic E-state index is 15.4. The Bertz CT molecular complexity index is 1050. The molecule has 2 aromatic rings. The molecule has 3 aliphatic heterocycles. The summed E-state index contributed by atoms with van der Waals surface area (Å²) in [6.45, 7) is 5.47. The van der Waals surface area contributed by atoms with Crippen molar-refractivity contribution < 1.29 is 23.0 Å². The van der Waals surface area contributed by atoms with Crippen LogP contribution in [-0.4, -0.2) is 66.1 Å². The lowest BCUT2D eigenvalue weighted by molar-refractivity contribution is -0.135. The quantitative estimate of drug-likeness (QED) is 0.739. The SMILES string of the molecule is CC(F)C1OC(=O)Nc2ncnc(-c3cc(C4(F)COC4)cc(N4CCN[C@@H](C)C4)n3)c21. The smallest absolute Gasteiger partial charge is 0.413 e. The minimum Gasteiger partial charge on any atom is -0.438 e. The van der Waals surface area contributed by atoms with Gasteiger partial charge in [0.15, 0.2) is 11.8 Å². The molecule has 0 spiro atoms. The number of ether oxygens (including phenoxy) is 2. The predicted octanol–water partition coefficient (Wildman–Crippen LogP) is 2.49. The standard InChI is InChI=1S/C21H24F2N6O3/c1-11-7-29(4-3-24-11)15-6-13(21(23)8-31-9-21)5-14(27-15)17-16-18(12(2)22)32-20(30)28-19(16)26-10-25-17/h5-6,10-12,18,24H,3-4,7-9H2,1-2H3,(H,25,26,28,30)/t11-,12?,18?/m0/s1. The number of piperazine rings is 1. The summed E-state index contributed by atoms with van der Waals surface area (Å²) >= 11 is 0. The summed E-state index contributed by atoms with van der Waals surface area (Å²) in [6, 6.07) is 3.60. The summed E-state index contributed by atoms with van der Waals surface area (Å²) in [5.41, 5.74) is -0.273. The number of carbonyl (C=O) groups excluding carboxylic acids is 1. The van der Waals surface area contributed by atoms with E-state index in [0.717, 1.165) is 6.54 Å². The second-order valence-corrected chi connectivity index (χ2v) is 8.47. The third-order valence-electron chi connectivity index (χ3n) is 5.97. The number of nitrogens with one attached hydrogen (secondary N) is 2. The molecule has 0 aromatic carbocycles. The van der Waals surface area contributed by atoms with Gasteiger partial charge in [0, 0.05) is 25.7 Å². The van der Waals surface area contributed by atoms with Gasteiger partial charge in [0.05, 0.1) is 24.5 Å². The Balaban J connectivity index is 1.65. The van der Waals surface area contributed by atoms with Crippen LogP contribution in [0.1, 0.15) is 31.1 Å². The summed E-state index contributed by atoms with van der Waals surface area (Å²) in [7, 11) is 0. The fourth-order valence-electron chi connectivity index (χ4n) is 4.24. The molecule has 0 radical (unpaired) electrons. The first-order valence-electron chi connectivity index (χ1n) is 10.6. The van der Waals surface area contributed by atoms with Gasteiger partial charge in [0.1, 0.15) is 29.8 Å². The topological polar surface area (TPSA) is 102 Å². The van der Waals surface area contributed by atoms with Crippen LogP contribution in [0.15, 0.2) is 18.5 Å². The molecule has 1 amide bonds. The molecule has 3 aliphatic rings.